The average Bonchev–Trinajstić information content (AvgIpc) is 3.14. The molecule has 1 saturated heterocycles. The predicted octanol–water partition coefficient (Wildman–Crippen LogP) is 4.57. The normalized spacial score (nSPS) is 14.0. The lowest BCUT2D eigenvalue weighted by Gasteiger charge is -2.20. The minimum atomic E-state index is -0.265. The molecule has 1 aliphatic rings. The molecule has 1 aliphatic heterocycles. The summed E-state index contributed by atoms with van der Waals surface area (Å²) in [6.07, 6.45) is 2.48. The molecule has 0 aliphatic carbocycles. The van der Waals surface area contributed by atoms with Crippen LogP contribution < -0.4 is 10.2 Å². The lowest BCUT2D eigenvalue weighted by molar-refractivity contribution is -0.117. The van der Waals surface area contributed by atoms with Gasteiger partial charge in [0.2, 0.25) is 5.91 Å². The molecule has 0 radical (unpaired) electrons. The van der Waals surface area contributed by atoms with E-state index in [4.69, 9.17) is 0 Å². The van der Waals surface area contributed by atoms with E-state index in [1.54, 1.807) is 17.0 Å². The average molecular weight is 434 g/mol. The van der Waals surface area contributed by atoms with Crippen LogP contribution in [-0.4, -0.2) is 37.5 Å². The lowest BCUT2D eigenvalue weighted by Crippen LogP contribution is -2.30. The first-order chi connectivity index (χ1) is 12.9. The van der Waals surface area contributed by atoms with Crippen molar-refractivity contribution >= 4 is 33.2 Å². The second-order valence-corrected chi connectivity index (χ2v) is 8.07. The molecule has 144 valence electrons. The van der Waals surface area contributed by atoms with Crippen molar-refractivity contribution in [3.63, 3.8) is 0 Å². The van der Waals surface area contributed by atoms with E-state index >= 15 is 0 Å². The van der Waals surface area contributed by atoms with Crippen molar-refractivity contribution in [1.82, 2.24) is 4.90 Å². The predicted molar refractivity (Wildman–Crippen MR) is 112 cm³/mol. The van der Waals surface area contributed by atoms with Crippen LogP contribution in [0.4, 0.5) is 15.8 Å². The highest BCUT2D eigenvalue weighted by Crippen LogP contribution is 2.25. The highest BCUT2D eigenvalue weighted by Gasteiger charge is 2.15. The number of carbonyl (C=O) groups excluding carboxylic acids is 1. The van der Waals surface area contributed by atoms with Gasteiger partial charge in [-0.2, -0.15) is 0 Å². The number of aryl methyl sites for hydroxylation is 1. The Morgan fingerprint density at radius 1 is 1.22 bits per heavy atom. The SMILES string of the molecule is Cc1cc(N2CCCC2)ccc1NC(=O)CN(C)Cc1cc(Br)ccc1F. The zero-order valence-electron chi connectivity index (χ0n) is 15.8. The maximum absolute atomic E-state index is 13.9. The molecule has 1 amide bonds. The van der Waals surface area contributed by atoms with Gasteiger partial charge in [-0.1, -0.05) is 15.9 Å². The minimum absolute atomic E-state index is 0.107. The van der Waals surface area contributed by atoms with Crippen molar-refractivity contribution in [2.75, 3.05) is 36.9 Å². The molecule has 1 heterocycles. The van der Waals surface area contributed by atoms with E-state index < -0.39 is 0 Å². The first kappa shape index (κ1) is 19.8. The van der Waals surface area contributed by atoms with Crippen LogP contribution in [0.1, 0.15) is 24.0 Å². The molecule has 0 unspecified atom stereocenters. The highest BCUT2D eigenvalue weighted by molar-refractivity contribution is 9.10. The van der Waals surface area contributed by atoms with Crippen LogP contribution in [0.3, 0.4) is 0 Å². The maximum atomic E-state index is 13.9. The van der Waals surface area contributed by atoms with E-state index in [2.05, 4.69) is 38.3 Å². The van der Waals surface area contributed by atoms with Crippen LogP contribution in [0.2, 0.25) is 0 Å². The summed E-state index contributed by atoms with van der Waals surface area (Å²) >= 11 is 3.35. The summed E-state index contributed by atoms with van der Waals surface area (Å²) in [6, 6.07) is 11.0. The molecule has 1 N–H and O–H groups in total. The van der Waals surface area contributed by atoms with Crippen LogP contribution in [0.25, 0.3) is 0 Å². The van der Waals surface area contributed by atoms with Crippen molar-refractivity contribution in [2.24, 2.45) is 0 Å². The van der Waals surface area contributed by atoms with E-state index in [1.807, 2.05) is 20.0 Å². The molecule has 27 heavy (non-hydrogen) atoms. The quantitative estimate of drug-likeness (QED) is 0.724. The summed E-state index contributed by atoms with van der Waals surface area (Å²) in [4.78, 5) is 16.6. The molecule has 0 saturated carbocycles. The maximum Gasteiger partial charge on any atom is 0.238 e. The van der Waals surface area contributed by atoms with Crippen molar-refractivity contribution in [3.05, 3.63) is 57.8 Å². The van der Waals surface area contributed by atoms with Gasteiger partial charge in [0.25, 0.3) is 0 Å². The summed E-state index contributed by atoms with van der Waals surface area (Å²) in [5, 5.41) is 2.97. The fourth-order valence-electron chi connectivity index (χ4n) is 3.41. The molecule has 4 nitrogen and oxygen atoms in total. The smallest absolute Gasteiger partial charge is 0.238 e. The van der Waals surface area contributed by atoms with E-state index in [-0.39, 0.29) is 18.3 Å². The zero-order valence-corrected chi connectivity index (χ0v) is 17.4. The molecular formula is C21H25BrFN3O. The fourth-order valence-corrected chi connectivity index (χ4v) is 3.81. The van der Waals surface area contributed by atoms with Crippen LogP contribution in [0.15, 0.2) is 40.9 Å². The summed E-state index contributed by atoms with van der Waals surface area (Å²) in [7, 11) is 1.81. The standard InChI is InChI=1S/C21H25BrFN3O/c1-15-11-18(26-9-3-4-10-26)6-8-20(15)24-21(27)14-25(2)13-16-12-17(22)5-7-19(16)23/h5-8,11-12H,3-4,9-10,13-14H2,1-2H3,(H,24,27). The lowest BCUT2D eigenvalue weighted by atomic mass is 10.1. The van der Waals surface area contributed by atoms with Gasteiger partial charge in [-0.15, -0.1) is 0 Å². The van der Waals surface area contributed by atoms with Gasteiger partial charge >= 0.3 is 0 Å². The van der Waals surface area contributed by atoms with E-state index in [0.717, 1.165) is 28.8 Å². The van der Waals surface area contributed by atoms with E-state index in [0.29, 0.717) is 12.1 Å². The summed E-state index contributed by atoms with van der Waals surface area (Å²) < 4.78 is 14.7. The van der Waals surface area contributed by atoms with E-state index in [1.165, 1.54) is 24.6 Å². The molecule has 2 aromatic carbocycles. The number of anilines is 2. The molecule has 0 spiro atoms. The van der Waals surface area contributed by atoms with Crippen LogP contribution >= 0.6 is 15.9 Å². The number of nitrogens with one attached hydrogen (secondary N) is 1. The van der Waals surface area contributed by atoms with Gasteiger partial charge in [0.05, 0.1) is 6.54 Å². The monoisotopic (exact) mass is 433 g/mol. The second-order valence-electron chi connectivity index (χ2n) is 7.15. The Balaban J connectivity index is 1.57. The molecule has 2 aromatic rings. The number of halogens is 2. The van der Waals surface area contributed by atoms with Gasteiger partial charge in [-0.05, 0) is 68.8 Å². The Kier molecular flexibility index (Phi) is 6.50. The zero-order chi connectivity index (χ0) is 19.4. The Morgan fingerprint density at radius 2 is 1.96 bits per heavy atom. The fraction of sp³-hybridized carbons (Fsp3) is 0.381. The molecule has 0 aromatic heterocycles. The van der Waals surface area contributed by atoms with Crippen LogP contribution in [0, 0.1) is 12.7 Å². The number of rotatable bonds is 6. The van der Waals surface area contributed by atoms with Crippen molar-refractivity contribution in [1.29, 1.82) is 0 Å². The number of hydrogen-bond donors (Lipinski definition) is 1. The first-order valence-electron chi connectivity index (χ1n) is 9.20. The third-order valence-corrected chi connectivity index (χ3v) is 5.31. The molecule has 0 bridgehead atoms. The minimum Gasteiger partial charge on any atom is -0.372 e. The number of hydrogen-bond acceptors (Lipinski definition) is 3. The Morgan fingerprint density at radius 3 is 2.67 bits per heavy atom. The third-order valence-electron chi connectivity index (χ3n) is 4.82. The van der Waals surface area contributed by atoms with Crippen molar-refractivity contribution in [2.45, 2.75) is 26.3 Å². The van der Waals surface area contributed by atoms with Gasteiger partial charge in [0.1, 0.15) is 5.82 Å². The first-order valence-corrected chi connectivity index (χ1v) is 9.99. The van der Waals surface area contributed by atoms with Gasteiger partial charge in [-0.3, -0.25) is 9.69 Å². The van der Waals surface area contributed by atoms with Crippen LogP contribution in [-0.2, 0) is 11.3 Å². The topological polar surface area (TPSA) is 35.6 Å². The van der Waals surface area contributed by atoms with Gasteiger partial charge in [-0.25, -0.2) is 4.39 Å². The number of benzene rings is 2. The van der Waals surface area contributed by atoms with Gasteiger partial charge < -0.3 is 10.2 Å². The summed E-state index contributed by atoms with van der Waals surface area (Å²) in [6.45, 7) is 4.77. The number of likely N-dealkylation sites (N-methyl/N-ethyl adjacent to an activating group) is 1. The highest BCUT2D eigenvalue weighted by atomic mass is 79.9. The third kappa shape index (κ3) is 5.30. The molecule has 0 atom stereocenters. The van der Waals surface area contributed by atoms with E-state index in [9.17, 15) is 9.18 Å². The second kappa shape index (κ2) is 8.85. The number of nitrogens with zero attached hydrogens (tertiary/aromatic N) is 2. The molecule has 1 fully saturated rings. The van der Waals surface area contributed by atoms with Crippen molar-refractivity contribution in [3.8, 4) is 0 Å². The summed E-state index contributed by atoms with van der Waals surface area (Å²) in [5.41, 5.74) is 3.65. The van der Waals surface area contributed by atoms with Crippen LogP contribution in [0.5, 0.6) is 0 Å². The molecule has 6 heteroatoms. The Labute approximate surface area is 168 Å². The number of carbonyl (C=O) groups is 1. The Hall–Kier alpha value is -1.92. The molecule has 3 rings (SSSR count). The molecular weight excluding hydrogens is 409 g/mol. The summed E-state index contributed by atoms with van der Waals surface area (Å²) in [5.74, 6) is -0.372. The largest absolute Gasteiger partial charge is 0.372 e. The van der Waals surface area contributed by atoms with Gasteiger partial charge in [0.15, 0.2) is 0 Å². The Bertz CT molecular complexity index is 821. The van der Waals surface area contributed by atoms with Gasteiger partial charge in [0, 0.05) is 41.0 Å². The number of amides is 1. The van der Waals surface area contributed by atoms with Crippen molar-refractivity contribution < 1.29 is 9.18 Å².